The van der Waals surface area contributed by atoms with E-state index in [1.54, 1.807) is 18.7 Å². The summed E-state index contributed by atoms with van der Waals surface area (Å²) in [6.07, 6.45) is 0.315. The minimum absolute atomic E-state index is 0.169. The van der Waals surface area contributed by atoms with Gasteiger partial charge in [-0.25, -0.2) is 8.42 Å². The van der Waals surface area contributed by atoms with Crippen molar-refractivity contribution in [1.82, 2.24) is 14.5 Å². The Morgan fingerprint density at radius 1 is 1.00 bits per heavy atom. The first-order valence-electron chi connectivity index (χ1n) is 10.3. The molecule has 1 atom stereocenters. The van der Waals surface area contributed by atoms with Crippen LogP contribution < -0.4 is 4.72 Å². The molecule has 1 amide bonds. The van der Waals surface area contributed by atoms with Crippen molar-refractivity contribution in [2.75, 3.05) is 33.2 Å². The van der Waals surface area contributed by atoms with Crippen LogP contribution in [0.1, 0.15) is 22.3 Å². The molecule has 7 heteroatoms. The number of rotatable bonds is 6. The Morgan fingerprint density at radius 3 is 2.13 bits per heavy atom. The van der Waals surface area contributed by atoms with Crippen LogP contribution in [0.4, 0.5) is 0 Å². The molecule has 30 heavy (non-hydrogen) atoms. The summed E-state index contributed by atoms with van der Waals surface area (Å²) in [5.74, 6) is -0.169. The smallest absolute Gasteiger partial charge is 0.241 e. The minimum Gasteiger partial charge on any atom is -0.339 e. The van der Waals surface area contributed by atoms with Gasteiger partial charge in [-0.05, 0) is 50.9 Å². The third-order valence-electron chi connectivity index (χ3n) is 5.57. The van der Waals surface area contributed by atoms with E-state index >= 15 is 0 Å². The number of benzene rings is 2. The fourth-order valence-corrected chi connectivity index (χ4v) is 5.76. The molecule has 0 radical (unpaired) electrons. The molecular weight excluding hydrogens is 398 g/mol. The van der Waals surface area contributed by atoms with E-state index in [0.29, 0.717) is 30.6 Å². The molecular formula is C23H31N3O3S. The van der Waals surface area contributed by atoms with Crippen molar-refractivity contribution in [3.05, 3.63) is 64.7 Å². The zero-order chi connectivity index (χ0) is 21.9. The summed E-state index contributed by atoms with van der Waals surface area (Å²) >= 11 is 0. The molecule has 1 unspecified atom stereocenters. The van der Waals surface area contributed by atoms with Crippen LogP contribution in [0.3, 0.4) is 0 Å². The molecule has 0 aliphatic carbocycles. The molecule has 0 saturated carbocycles. The van der Waals surface area contributed by atoms with E-state index in [2.05, 4.69) is 9.62 Å². The normalized spacial score (nSPS) is 16.5. The summed E-state index contributed by atoms with van der Waals surface area (Å²) in [7, 11) is -1.84. The SMILES string of the molecule is Cc1cc(C)c(S(=O)(=O)NC(Cc2ccccc2)C(=O)N2CCN(C)CC2)c(C)c1. The van der Waals surface area contributed by atoms with Gasteiger partial charge in [0.1, 0.15) is 6.04 Å². The van der Waals surface area contributed by atoms with Gasteiger partial charge in [-0.2, -0.15) is 4.72 Å². The van der Waals surface area contributed by atoms with Crippen molar-refractivity contribution in [2.24, 2.45) is 0 Å². The van der Waals surface area contributed by atoms with Crippen molar-refractivity contribution in [3.8, 4) is 0 Å². The maximum absolute atomic E-state index is 13.3. The van der Waals surface area contributed by atoms with Crippen LogP contribution >= 0.6 is 0 Å². The van der Waals surface area contributed by atoms with E-state index in [-0.39, 0.29) is 10.8 Å². The predicted molar refractivity (Wildman–Crippen MR) is 119 cm³/mol. The van der Waals surface area contributed by atoms with Crippen LogP contribution in [0.5, 0.6) is 0 Å². The summed E-state index contributed by atoms with van der Waals surface area (Å²) < 4.78 is 29.4. The molecule has 0 spiro atoms. The van der Waals surface area contributed by atoms with E-state index in [1.807, 2.05) is 56.4 Å². The van der Waals surface area contributed by atoms with Gasteiger partial charge in [0.15, 0.2) is 0 Å². The van der Waals surface area contributed by atoms with E-state index in [0.717, 1.165) is 24.2 Å². The number of nitrogens with one attached hydrogen (secondary N) is 1. The van der Waals surface area contributed by atoms with Gasteiger partial charge in [-0.15, -0.1) is 0 Å². The molecule has 1 saturated heterocycles. The molecule has 1 fully saturated rings. The Bertz CT molecular complexity index is 975. The van der Waals surface area contributed by atoms with E-state index in [9.17, 15) is 13.2 Å². The highest BCUT2D eigenvalue weighted by molar-refractivity contribution is 7.89. The number of carbonyl (C=O) groups excluding carboxylic acids is 1. The number of hydrogen-bond acceptors (Lipinski definition) is 4. The first-order chi connectivity index (χ1) is 14.2. The lowest BCUT2D eigenvalue weighted by molar-refractivity contribution is -0.134. The van der Waals surface area contributed by atoms with E-state index in [4.69, 9.17) is 0 Å². The molecule has 2 aromatic carbocycles. The number of nitrogens with zero attached hydrogens (tertiary/aromatic N) is 2. The summed E-state index contributed by atoms with van der Waals surface area (Å²) in [4.78, 5) is 17.5. The van der Waals surface area contributed by atoms with Crippen LogP contribution in [-0.2, 0) is 21.2 Å². The van der Waals surface area contributed by atoms with Gasteiger partial charge in [-0.1, -0.05) is 48.0 Å². The number of sulfonamides is 1. The van der Waals surface area contributed by atoms with Gasteiger partial charge >= 0.3 is 0 Å². The van der Waals surface area contributed by atoms with Crippen molar-refractivity contribution >= 4 is 15.9 Å². The molecule has 0 bridgehead atoms. The summed E-state index contributed by atoms with van der Waals surface area (Å²) in [5.41, 5.74) is 3.30. The van der Waals surface area contributed by atoms with Crippen LogP contribution in [0.2, 0.25) is 0 Å². The first kappa shape index (κ1) is 22.5. The quantitative estimate of drug-likeness (QED) is 0.765. The minimum atomic E-state index is -3.86. The molecule has 162 valence electrons. The largest absolute Gasteiger partial charge is 0.339 e. The second kappa shape index (κ2) is 9.29. The molecule has 1 aliphatic heterocycles. The molecule has 6 nitrogen and oxygen atoms in total. The van der Waals surface area contributed by atoms with E-state index < -0.39 is 16.1 Å². The van der Waals surface area contributed by atoms with Gasteiger partial charge in [0, 0.05) is 26.2 Å². The van der Waals surface area contributed by atoms with Crippen molar-refractivity contribution < 1.29 is 13.2 Å². The molecule has 2 aromatic rings. The highest BCUT2D eigenvalue weighted by Crippen LogP contribution is 2.22. The molecule has 1 aliphatic rings. The van der Waals surface area contributed by atoms with Crippen LogP contribution in [0.25, 0.3) is 0 Å². The first-order valence-corrected chi connectivity index (χ1v) is 11.8. The average Bonchev–Trinajstić information content (AvgIpc) is 2.67. The molecule has 0 aromatic heterocycles. The van der Waals surface area contributed by atoms with Crippen molar-refractivity contribution in [1.29, 1.82) is 0 Å². The monoisotopic (exact) mass is 429 g/mol. The Balaban J connectivity index is 1.91. The van der Waals surface area contributed by atoms with Crippen LogP contribution in [0.15, 0.2) is 47.4 Å². The molecule has 3 rings (SSSR count). The highest BCUT2D eigenvalue weighted by Gasteiger charge is 2.32. The highest BCUT2D eigenvalue weighted by atomic mass is 32.2. The number of aryl methyl sites for hydroxylation is 3. The number of carbonyl (C=O) groups is 1. The standard InChI is InChI=1S/C23H31N3O3S/c1-17-14-18(2)22(19(3)15-17)30(28,29)24-21(16-20-8-6-5-7-9-20)23(27)26-12-10-25(4)11-13-26/h5-9,14-15,21,24H,10-13,16H2,1-4H3. The second-order valence-corrected chi connectivity index (χ2v) is 9.87. The average molecular weight is 430 g/mol. The lowest BCUT2D eigenvalue weighted by atomic mass is 10.1. The molecule has 1 N–H and O–H groups in total. The predicted octanol–water partition coefficient (Wildman–Crippen LogP) is 2.28. The Hall–Kier alpha value is -2.22. The van der Waals surface area contributed by atoms with Gasteiger partial charge in [0.25, 0.3) is 0 Å². The van der Waals surface area contributed by atoms with Gasteiger partial charge in [0.2, 0.25) is 15.9 Å². The topological polar surface area (TPSA) is 69.7 Å². The second-order valence-electron chi connectivity index (χ2n) is 8.22. The van der Waals surface area contributed by atoms with Crippen molar-refractivity contribution in [3.63, 3.8) is 0 Å². The number of likely N-dealkylation sites (N-methyl/N-ethyl adjacent to an activating group) is 1. The lowest BCUT2D eigenvalue weighted by Crippen LogP contribution is -2.55. The zero-order valence-corrected chi connectivity index (χ0v) is 19.0. The fourth-order valence-electron chi connectivity index (χ4n) is 4.11. The maximum Gasteiger partial charge on any atom is 0.241 e. The Labute approximate surface area is 179 Å². The van der Waals surface area contributed by atoms with Crippen LogP contribution in [-0.4, -0.2) is 63.4 Å². The van der Waals surface area contributed by atoms with Gasteiger partial charge in [0.05, 0.1) is 4.90 Å². The Kier molecular flexibility index (Phi) is 6.95. The maximum atomic E-state index is 13.3. The number of amides is 1. The van der Waals surface area contributed by atoms with Crippen LogP contribution in [0, 0.1) is 20.8 Å². The fraction of sp³-hybridized carbons (Fsp3) is 0.435. The third-order valence-corrected chi connectivity index (χ3v) is 7.34. The zero-order valence-electron chi connectivity index (χ0n) is 18.2. The lowest BCUT2D eigenvalue weighted by Gasteiger charge is -2.35. The summed E-state index contributed by atoms with van der Waals surface area (Å²) in [5, 5.41) is 0. The molecule has 1 heterocycles. The van der Waals surface area contributed by atoms with Crippen molar-refractivity contribution in [2.45, 2.75) is 38.1 Å². The van der Waals surface area contributed by atoms with E-state index in [1.165, 1.54) is 0 Å². The number of piperazine rings is 1. The number of hydrogen-bond donors (Lipinski definition) is 1. The third kappa shape index (κ3) is 5.28. The van der Waals surface area contributed by atoms with Gasteiger partial charge in [-0.3, -0.25) is 4.79 Å². The Morgan fingerprint density at radius 2 is 1.57 bits per heavy atom. The van der Waals surface area contributed by atoms with Gasteiger partial charge < -0.3 is 9.80 Å². The summed E-state index contributed by atoms with van der Waals surface area (Å²) in [6.45, 7) is 8.31. The summed E-state index contributed by atoms with van der Waals surface area (Å²) in [6, 6.07) is 12.4.